The van der Waals surface area contributed by atoms with E-state index in [9.17, 15) is 4.79 Å². The Balaban J connectivity index is 0.000000489. The van der Waals surface area contributed by atoms with E-state index in [1.54, 1.807) is 13.3 Å². The molecule has 2 aliphatic rings. The van der Waals surface area contributed by atoms with E-state index in [0.717, 1.165) is 71.3 Å². The lowest BCUT2D eigenvalue weighted by Gasteiger charge is -2.30. The van der Waals surface area contributed by atoms with Gasteiger partial charge in [-0.25, -0.2) is 4.98 Å². The summed E-state index contributed by atoms with van der Waals surface area (Å²) >= 11 is 0. The minimum Gasteiger partial charge on any atom is -0.496 e. The first-order valence-electron chi connectivity index (χ1n) is 15.8. The number of nitrogens with two attached hydrogens (primary N) is 1. The van der Waals surface area contributed by atoms with Gasteiger partial charge in [0, 0.05) is 36.4 Å². The molecule has 3 heterocycles. The van der Waals surface area contributed by atoms with Crippen LogP contribution in [-0.4, -0.2) is 53.8 Å². The van der Waals surface area contributed by atoms with Gasteiger partial charge in [-0.1, -0.05) is 32.8 Å². The maximum absolute atomic E-state index is 11.3. The number of carbonyl (C=O) groups is 2. The summed E-state index contributed by atoms with van der Waals surface area (Å²) < 4.78 is 11.5. The van der Waals surface area contributed by atoms with Gasteiger partial charge < -0.3 is 19.8 Å². The number of hydrogen-bond donors (Lipinski definition) is 1. The van der Waals surface area contributed by atoms with Crippen LogP contribution >= 0.6 is 0 Å². The zero-order chi connectivity index (χ0) is 33.7. The number of hydrogen-bond acceptors (Lipinski definition) is 7. The van der Waals surface area contributed by atoms with Crippen LogP contribution in [0.1, 0.15) is 89.6 Å². The first-order chi connectivity index (χ1) is 21.9. The van der Waals surface area contributed by atoms with Gasteiger partial charge in [0.25, 0.3) is 0 Å². The van der Waals surface area contributed by atoms with Crippen LogP contribution in [0.25, 0.3) is 22.2 Å². The summed E-state index contributed by atoms with van der Waals surface area (Å²) in [5.41, 5.74) is 7.80. The molecule has 244 valence electrons. The smallest absolute Gasteiger partial charge is 0.204 e. The van der Waals surface area contributed by atoms with Gasteiger partial charge in [-0.15, -0.1) is 25.7 Å². The van der Waals surface area contributed by atoms with Gasteiger partial charge in [0.15, 0.2) is 11.7 Å². The molecule has 1 aromatic carbocycles. The van der Waals surface area contributed by atoms with Crippen molar-refractivity contribution in [3.8, 4) is 42.8 Å². The van der Waals surface area contributed by atoms with Crippen molar-refractivity contribution in [2.75, 3.05) is 26.7 Å². The number of Topliss-reactive ketones (excluding diaryl/α,β-unsaturated/α-hetero) is 1. The highest BCUT2D eigenvalue weighted by molar-refractivity contribution is 5.87. The predicted molar refractivity (Wildman–Crippen MR) is 184 cm³/mol. The normalized spacial score (nSPS) is 14.1. The number of pyridine rings is 1. The van der Waals surface area contributed by atoms with Gasteiger partial charge in [0.1, 0.15) is 11.5 Å². The number of nitrogens with zero attached hydrogens (tertiary/aromatic N) is 3. The van der Waals surface area contributed by atoms with Crippen LogP contribution in [0.15, 0.2) is 34.9 Å². The molecule has 8 heteroatoms. The van der Waals surface area contributed by atoms with Crippen LogP contribution < -0.4 is 10.5 Å². The number of unbranched alkanes of at least 4 members (excludes halogenated alkanes) is 3. The van der Waals surface area contributed by atoms with E-state index < -0.39 is 0 Å². The molecule has 2 fully saturated rings. The topological polar surface area (TPSA) is 112 Å². The molecule has 0 bridgehead atoms. The van der Waals surface area contributed by atoms with Gasteiger partial charge in [0.2, 0.25) is 6.41 Å². The van der Waals surface area contributed by atoms with E-state index in [1.807, 2.05) is 32.0 Å². The number of terminal acetylenes is 2. The fourth-order valence-corrected chi connectivity index (χ4v) is 5.31. The van der Waals surface area contributed by atoms with E-state index in [-0.39, 0.29) is 6.41 Å². The second kappa shape index (κ2) is 21.5. The molecular weight excluding hydrogens is 564 g/mol. The van der Waals surface area contributed by atoms with Gasteiger partial charge in [-0.2, -0.15) is 0 Å². The fraction of sp³-hybridized carbons (Fsp3) is 0.514. The molecule has 2 aromatic heterocycles. The monoisotopic (exact) mass is 616 g/mol. The van der Waals surface area contributed by atoms with E-state index in [2.05, 4.69) is 59.3 Å². The Morgan fingerprint density at radius 2 is 1.69 bits per heavy atom. The SMILES string of the molecule is C#C.C#C.CCC(=O)CCCCCCc1ncc(-c2cc3ccc(C)nc3cc2OC)o1.CCN1CCC2(CC1)CC2.NC=O. The highest BCUT2D eigenvalue weighted by Crippen LogP contribution is 2.53. The molecule has 1 saturated carbocycles. The maximum atomic E-state index is 11.3. The lowest BCUT2D eigenvalue weighted by atomic mass is 9.94. The summed E-state index contributed by atoms with van der Waals surface area (Å²) in [7, 11) is 1.65. The molecule has 0 unspecified atom stereocenters. The number of aromatic nitrogens is 2. The molecule has 5 rings (SSSR count). The third-order valence-corrected chi connectivity index (χ3v) is 8.28. The number of aryl methyl sites for hydroxylation is 2. The van der Waals surface area contributed by atoms with Crippen LogP contribution in [-0.2, 0) is 16.0 Å². The number of benzene rings is 1. The van der Waals surface area contributed by atoms with Gasteiger partial charge in [0.05, 0.1) is 24.4 Å². The third-order valence-electron chi connectivity index (χ3n) is 8.28. The largest absolute Gasteiger partial charge is 0.496 e. The minimum atomic E-state index is 0.250. The molecule has 2 N–H and O–H groups in total. The summed E-state index contributed by atoms with van der Waals surface area (Å²) in [4.78, 5) is 31.5. The average molecular weight is 617 g/mol. The quantitative estimate of drug-likeness (QED) is 0.138. The first kappa shape index (κ1) is 38.9. The van der Waals surface area contributed by atoms with Crippen molar-refractivity contribution < 1.29 is 18.7 Å². The molecule has 1 aliphatic heterocycles. The lowest BCUT2D eigenvalue weighted by Crippen LogP contribution is -2.34. The van der Waals surface area contributed by atoms with Crippen LogP contribution in [0.3, 0.4) is 0 Å². The Morgan fingerprint density at radius 1 is 1.04 bits per heavy atom. The molecule has 1 spiro atoms. The van der Waals surface area contributed by atoms with Crippen molar-refractivity contribution in [1.82, 2.24) is 14.9 Å². The number of likely N-dealkylation sites (tertiary alicyclic amines) is 1. The van der Waals surface area contributed by atoms with Crippen LogP contribution in [0, 0.1) is 38.0 Å². The van der Waals surface area contributed by atoms with E-state index >= 15 is 0 Å². The lowest BCUT2D eigenvalue weighted by molar-refractivity contribution is -0.118. The van der Waals surface area contributed by atoms with Crippen molar-refractivity contribution in [1.29, 1.82) is 0 Å². The summed E-state index contributed by atoms with van der Waals surface area (Å²) in [5, 5.41) is 1.04. The van der Waals surface area contributed by atoms with Gasteiger partial charge in [-0.05, 0) is 82.6 Å². The molecule has 0 radical (unpaired) electrons. The number of oxazole rings is 1. The van der Waals surface area contributed by atoms with Crippen LogP contribution in [0.5, 0.6) is 5.75 Å². The predicted octanol–water partition coefficient (Wildman–Crippen LogP) is 7.16. The Labute approximate surface area is 270 Å². The Bertz CT molecular complexity index is 1320. The number of carbonyl (C=O) groups excluding carboxylic acids is 2. The zero-order valence-electron chi connectivity index (χ0n) is 27.7. The van der Waals surface area contributed by atoms with Gasteiger partial charge >= 0.3 is 0 Å². The maximum Gasteiger partial charge on any atom is 0.204 e. The number of rotatable bonds is 11. The molecule has 1 aliphatic carbocycles. The highest BCUT2D eigenvalue weighted by atomic mass is 16.5. The van der Waals surface area contributed by atoms with Crippen molar-refractivity contribution in [2.45, 2.75) is 91.4 Å². The second-order valence-corrected chi connectivity index (χ2v) is 11.2. The molecule has 8 nitrogen and oxygen atoms in total. The van der Waals surface area contributed by atoms with Crippen LogP contribution in [0.2, 0.25) is 0 Å². The van der Waals surface area contributed by atoms with Crippen molar-refractivity contribution >= 4 is 23.1 Å². The number of ether oxygens (including phenoxy) is 1. The third kappa shape index (κ3) is 13.2. The number of amides is 1. The molecule has 3 aromatic rings. The second-order valence-electron chi connectivity index (χ2n) is 11.2. The Morgan fingerprint density at radius 3 is 2.27 bits per heavy atom. The Kier molecular flexibility index (Phi) is 18.6. The number of fused-ring (bicyclic) bond motifs is 1. The summed E-state index contributed by atoms with van der Waals surface area (Å²) in [6.07, 6.45) is 30.4. The highest BCUT2D eigenvalue weighted by Gasteiger charge is 2.43. The van der Waals surface area contributed by atoms with Crippen molar-refractivity contribution in [3.63, 3.8) is 0 Å². The van der Waals surface area contributed by atoms with Crippen molar-refractivity contribution in [2.24, 2.45) is 11.1 Å². The molecule has 45 heavy (non-hydrogen) atoms. The number of primary amides is 1. The molecule has 1 saturated heterocycles. The summed E-state index contributed by atoms with van der Waals surface area (Å²) in [6.45, 7) is 10.2. The number of piperidine rings is 1. The number of methoxy groups -OCH3 is 1. The van der Waals surface area contributed by atoms with E-state index in [4.69, 9.17) is 13.9 Å². The number of ketones is 1. The van der Waals surface area contributed by atoms with E-state index in [0.29, 0.717) is 24.4 Å². The van der Waals surface area contributed by atoms with Gasteiger partial charge in [-0.3, -0.25) is 14.6 Å². The minimum absolute atomic E-state index is 0.250. The Hall–Kier alpha value is -4.14. The first-order valence-corrected chi connectivity index (χ1v) is 15.8. The van der Waals surface area contributed by atoms with Crippen LogP contribution in [0.4, 0.5) is 0 Å². The summed E-state index contributed by atoms with van der Waals surface area (Å²) in [6, 6.07) is 8.03. The fourth-order valence-electron chi connectivity index (χ4n) is 5.31. The van der Waals surface area contributed by atoms with Crippen molar-refractivity contribution in [3.05, 3.63) is 42.0 Å². The average Bonchev–Trinajstić information content (AvgIpc) is 3.66. The van der Waals surface area contributed by atoms with E-state index in [1.165, 1.54) is 45.3 Å². The standard InChI is InChI=1S/C23H28N2O3.C9H17N.2C2H2.CH3NO/c1-4-18(26)9-7-5-6-8-10-23-24-15-22(28-23)19-13-17-12-11-16(2)25-20(17)14-21(19)27-3;1-2-10-7-5-9(3-4-9)6-8-10;2*1-2;2-1-3/h11-15H,4-10H2,1-3H3;2-8H2,1H3;2*1-2H;1H,(H2,2,3). The zero-order valence-corrected chi connectivity index (χ0v) is 27.7. The molecule has 0 atom stereocenters. The molecular formula is C37H52N4O4. The molecule has 1 amide bonds. The summed E-state index contributed by atoms with van der Waals surface area (Å²) in [5.74, 6) is 2.53.